The second-order valence-electron chi connectivity index (χ2n) is 5.28. The Morgan fingerprint density at radius 3 is 2.31 bits per heavy atom. The largest absolute Gasteiger partial charge is 0.248 e. The van der Waals surface area contributed by atoms with Gasteiger partial charge in [-0.1, -0.05) is 6.08 Å². The standard InChI is InChI=1S/C11H19F2NOS/c1-5-9(8-6-11(12,13)7-8)14-16(15)10(2,3)4/h5,8-9,14H,1,6-7H2,2-4H3/t9?,16-/m0/s1. The highest BCUT2D eigenvalue weighted by atomic mass is 32.2. The van der Waals surface area contributed by atoms with Gasteiger partial charge in [0.25, 0.3) is 0 Å². The Labute approximate surface area is 98.1 Å². The molecule has 0 aromatic carbocycles. The minimum atomic E-state index is -2.54. The van der Waals surface area contributed by atoms with Gasteiger partial charge in [-0.25, -0.2) is 17.7 Å². The molecule has 1 unspecified atom stereocenters. The molecule has 2 atom stereocenters. The maximum absolute atomic E-state index is 12.7. The van der Waals surface area contributed by atoms with Crippen LogP contribution in [0.15, 0.2) is 12.7 Å². The van der Waals surface area contributed by atoms with E-state index in [-0.39, 0.29) is 24.8 Å². The van der Waals surface area contributed by atoms with Crippen molar-refractivity contribution >= 4 is 11.0 Å². The first-order valence-electron chi connectivity index (χ1n) is 5.34. The summed E-state index contributed by atoms with van der Waals surface area (Å²) in [5.41, 5.74) is 0. The topological polar surface area (TPSA) is 29.1 Å². The summed E-state index contributed by atoms with van der Waals surface area (Å²) in [5, 5.41) is 0. The first-order valence-corrected chi connectivity index (χ1v) is 6.49. The molecular formula is C11H19F2NOS. The van der Waals surface area contributed by atoms with Crippen molar-refractivity contribution in [3.63, 3.8) is 0 Å². The van der Waals surface area contributed by atoms with Gasteiger partial charge in [0.15, 0.2) is 0 Å². The van der Waals surface area contributed by atoms with E-state index in [0.717, 1.165) is 0 Å². The Bertz CT molecular complexity index is 291. The average molecular weight is 251 g/mol. The molecule has 16 heavy (non-hydrogen) atoms. The van der Waals surface area contributed by atoms with Crippen LogP contribution in [0.2, 0.25) is 0 Å². The Morgan fingerprint density at radius 2 is 2.00 bits per heavy atom. The van der Waals surface area contributed by atoms with Crippen LogP contribution >= 0.6 is 0 Å². The van der Waals surface area contributed by atoms with Crippen LogP contribution in [0.3, 0.4) is 0 Å². The molecule has 0 bridgehead atoms. The van der Waals surface area contributed by atoms with Gasteiger partial charge in [-0.15, -0.1) is 6.58 Å². The van der Waals surface area contributed by atoms with E-state index in [1.54, 1.807) is 6.08 Å². The third kappa shape index (κ3) is 3.35. The van der Waals surface area contributed by atoms with E-state index in [4.69, 9.17) is 0 Å². The summed E-state index contributed by atoms with van der Waals surface area (Å²) in [6.45, 7) is 9.12. The second kappa shape index (κ2) is 4.53. The zero-order valence-corrected chi connectivity index (χ0v) is 10.7. The molecule has 1 aliphatic carbocycles. The number of rotatable bonds is 4. The van der Waals surface area contributed by atoms with Crippen molar-refractivity contribution in [1.29, 1.82) is 0 Å². The molecule has 0 spiro atoms. The van der Waals surface area contributed by atoms with Gasteiger partial charge in [-0.3, -0.25) is 0 Å². The number of halogens is 2. The SMILES string of the molecule is C=CC(N[S@@](=O)C(C)(C)C)C1CC(F)(F)C1. The molecule has 0 amide bonds. The molecule has 0 aromatic heterocycles. The molecule has 1 saturated carbocycles. The summed E-state index contributed by atoms with van der Waals surface area (Å²) in [4.78, 5) is 0. The molecule has 1 aliphatic rings. The maximum atomic E-state index is 12.7. The average Bonchev–Trinajstić information content (AvgIpc) is 2.08. The van der Waals surface area contributed by atoms with Crippen LogP contribution in [0, 0.1) is 5.92 Å². The van der Waals surface area contributed by atoms with Crippen LogP contribution in [0.1, 0.15) is 33.6 Å². The van der Waals surface area contributed by atoms with Gasteiger partial charge in [0.2, 0.25) is 5.92 Å². The molecule has 94 valence electrons. The lowest BCUT2D eigenvalue weighted by Gasteiger charge is -2.39. The molecular weight excluding hydrogens is 232 g/mol. The van der Waals surface area contributed by atoms with Crippen LogP contribution in [-0.4, -0.2) is 20.9 Å². The van der Waals surface area contributed by atoms with Gasteiger partial charge >= 0.3 is 0 Å². The molecule has 0 aliphatic heterocycles. The van der Waals surface area contributed by atoms with Gasteiger partial charge < -0.3 is 0 Å². The predicted molar refractivity (Wildman–Crippen MR) is 62.7 cm³/mol. The highest BCUT2D eigenvalue weighted by molar-refractivity contribution is 7.84. The lowest BCUT2D eigenvalue weighted by Crippen LogP contribution is -2.49. The van der Waals surface area contributed by atoms with Crippen LogP contribution in [0.4, 0.5) is 8.78 Å². The van der Waals surface area contributed by atoms with Crippen LogP contribution in [0.5, 0.6) is 0 Å². The fourth-order valence-electron chi connectivity index (χ4n) is 1.60. The van der Waals surface area contributed by atoms with Gasteiger partial charge in [0.1, 0.15) is 0 Å². The highest BCUT2D eigenvalue weighted by Crippen LogP contribution is 2.44. The minimum Gasteiger partial charge on any atom is -0.242 e. The van der Waals surface area contributed by atoms with Gasteiger partial charge in [0.05, 0.1) is 15.7 Å². The first kappa shape index (κ1) is 13.8. The van der Waals surface area contributed by atoms with E-state index in [2.05, 4.69) is 11.3 Å². The molecule has 1 rings (SSSR count). The lowest BCUT2D eigenvalue weighted by atomic mass is 9.77. The number of nitrogens with one attached hydrogen (secondary N) is 1. The minimum absolute atomic E-state index is 0.141. The van der Waals surface area contributed by atoms with Gasteiger partial charge in [0, 0.05) is 18.9 Å². The smallest absolute Gasteiger partial charge is 0.242 e. The normalized spacial score (nSPS) is 24.6. The predicted octanol–water partition coefficient (Wildman–Crippen LogP) is 2.64. The summed E-state index contributed by atoms with van der Waals surface area (Å²) < 4.78 is 39.7. The fourth-order valence-corrected chi connectivity index (χ4v) is 2.49. The summed E-state index contributed by atoms with van der Waals surface area (Å²) in [6.07, 6.45) is 1.29. The van der Waals surface area contributed by atoms with Crippen molar-refractivity contribution < 1.29 is 13.0 Å². The first-order chi connectivity index (χ1) is 7.15. The zero-order valence-electron chi connectivity index (χ0n) is 9.93. The zero-order chi connectivity index (χ0) is 12.6. The van der Waals surface area contributed by atoms with Gasteiger partial charge in [-0.2, -0.15) is 0 Å². The van der Waals surface area contributed by atoms with E-state index in [9.17, 15) is 13.0 Å². The molecule has 1 fully saturated rings. The second-order valence-corrected chi connectivity index (χ2v) is 7.28. The number of hydrogen-bond acceptors (Lipinski definition) is 1. The summed E-state index contributed by atoms with van der Waals surface area (Å²) in [5.74, 6) is -2.70. The van der Waals surface area contributed by atoms with Crippen molar-refractivity contribution in [1.82, 2.24) is 4.72 Å². The van der Waals surface area contributed by atoms with Crippen molar-refractivity contribution in [3.05, 3.63) is 12.7 Å². The van der Waals surface area contributed by atoms with Crippen LogP contribution in [-0.2, 0) is 11.0 Å². The van der Waals surface area contributed by atoms with Crippen LogP contribution < -0.4 is 4.72 Å². The van der Waals surface area contributed by atoms with Crippen molar-refractivity contribution in [2.45, 2.75) is 50.3 Å². The van der Waals surface area contributed by atoms with E-state index in [1.807, 2.05) is 20.8 Å². The summed E-state index contributed by atoms with van der Waals surface area (Å²) in [7, 11) is -1.25. The third-order valence-corrected chi connectivity index (χ3v) is 4.28. The number of alkyl halides is 2. The fraction of sp³-hybridized carbons (Fsp3) is 0.818. The maximum Gasteiger partial charge on any atom is 0.248 e. The van der Waals surface area contributed by atoms with Gasteiger partial charge in [-0.05, 0) is 26.7 Å². The molecule has 0 saturated heterocycles. The van der Waals surface area contributed by atoms with Crippen molar-refractivity contribution in [2.75, 3.05) is 0 Å². The molecule has 1 N–H and O–H groups in total. The Kier molecular flexibility index (Phi) is 3.90. The lowest BCUT2D eigenvalue weighted by molar-refractivity contribution is -0.113. The molecule has 5 heteroatoms. The number of hydrogen-bond donors (Lipinski definition) is 1. The summed E-state index contributed by atoms with van der Waals surface area (Å²) in [6, 6.07) is -0.292. The highest BCUT2D eigenvalue weighted by Gasteiger charge is 2.48. The molecule has 0 heterocycles. The Morgan fingerprint density at radius 1 is 1.50 bits per heavy atom. The van der Waals surface area contributed by atoms with E-state index in [0.29, 0.717) is 0 Å². The van der Waals surface area contributed by atoms with E-state index in [1.165, 1.54) is 0 Å². The molecule has 0 radical (unpaired) electrons. The monoisotopic (exact) mass is 251 g/mol. The van der Waals surface area contributed by atoms with E-state index >= 15 is 0 Å². The molecule has 0 aromatic rings. The van der Waals surface area contributed by atoms with Crippen molar-refractivity contribution in [3.8, 4) is 0 Å². The third-order valence-electron chi connectivity index (χ3n) is 2.68. The van der Waals surface area contributed by atoms with Crippen molar-refractivity contribution in [2.24, 2.45) is 5.92 Å². The van der Waals surface area contributed by atoms with Crippen LogP contribution in [0.25, 0.3) is 0 Å². The Balaban J connectivity index is 2.52. The Hall–Kier alpha value is -0.290. The summed E-state index contributed by atoms with van der Waals surface area (Å²) >= 11 is 0. The van der Waals surface area contributed by atoms with E-state index < -0.39 is 21.7 Å². The molecule has 2 nitrogen and oxygen atoms in total. The quantitative estimate of drug-likeness (QED) is 0.765.